The molecule has 2 aromatic rings. The van der Waals surface area contributed by atoms with E-state index in [0.717, 1.165) is 35.8 Å². The summed E-state index contributed by atoms with van der Waals surface area (Å²) in [5, 5.41) is 3.22. The van der Waals surface area contributed by atoms with Gasteiger partial charge in [0.1, 0.15) is 6.54 Å². The summed E-state index contributed by atoms with van der Waals surface area (Å²) in [6.45, 7) is 3.22. The van der Waals surface area contributed by atoms with Crippen LogP contribution >= 0.6 is 11.6 Å². The number of likely N-dealkylation sites (tertiary alicyclic amines) is 1. The molecule has 2 aromatic carbocycles. The predicted molar refractivity (Wildman–Crippen MR) is 116 cm³/mol. The van der Waals surface area contributed by atoms with E-state index in [4.69, 9.17) is 11.6 Å². The SMILES string of the molecule is CS(=O)(=O)N(CC(=O)NCc1cccc(CN2CCCC2)c1)c1cccc(Cl)c1. The molecule has 0 unspecified atom stereocenters. The molecule has 3 rings (SSSR count). The lowest BCUT2D eigenvalue weighted by Gasteiger charge is -2.22. The van der Waals surface area contributed by atoms with Crippen LogP contribution in [-0.2, 0) is 27.9 Å². The van der Waals surface area contributed by atoms with Gasteiger partial charge in [-0.2, -0.15) is 0 Å². The Morgan fingerprint density at radius 2 is 1.79 bits per heavy atom. The molecule has 0 atom stereocenters. The first kappa shape index (κ1) is 21.6. The second-order valence-corrected chi connectivity index (χ2v) is 9.67. The van der Waals surface area contributed by atoms with Gasteiger partial charge < -0.3 is 5.32 Å². The third-order valence-electron chi connectivity index (χ3n) is 4.87. The average molecular weight is 436 g/mol. The summed E-state index contributed by atoms with van der Waals surface area (Å²) < 4.78 is 25.4. The van der Waals surface area contributed by atoms with Crippen LogP contribution in [0.15, 0.2) is 48.5 Å². The van der Waals surface area contributed by atoms with Crippen molar-refractivity contribution in [1.82, 2.24) is 10.2 Å². The smallest absolute Gasteiger partial charge is 0.241 e. The fraction of sp³-hybridized carbons (Fsp3) is 0.381. The van der Waals surface area contributed by atoms with Gasteiger partial charge in [-0.25, -0.2) is 8.42 Å². The number of amides is 1. The number of carbonyl (C=O) groups excluding carboxylic acids is 1. The van der Waals surface area contributed by atoms with Crippen molar-refractivity contribution in [3.63, 3.8) is 0 Å². The van der Waals surface area contributed by atoms with E-state index in [1.54, 1.807) is 18.2 Å². The summed E-state index contributed by atoms with van der Waals surface area (Å²) >= 11 is 5.97. The summed E-state index contributed by atoms with van der Waals surface area (Å²) in [6.07, 6.45) is 3.57. The van der Waals surface area contributed by atoms with E-state index < -0.39 is 10.0 Å². The van der Waals surface area contributed by atoms with E-state index >= 15 is 0 Å². The maximum Gasteiger partial charge on any atom is 0.241 e. The number of carbonyl (C=O) groups is 1. The Hall–Kier alpha value is -2.09. The maximum absolute atomic E-state index is 12.4. The van der Waals surface area contributed by atoms with Crippen molar-refractivity contribution < 1.29 is 13.2 Å². The molecule has 0 radical (unpaired) electrons. The van der Waals surface area contributed by atoms with Gasteiger partial charge in [-0.3, -0.25) is 14.0 Å². The molecule has 0 aliphatic carbocycles. The van der Waals surface area contributed by atoms with Gasteiger partial charge in [0, 0.05) is 18.1 Å². The first-order valence-electron chi connectivity index (χ1n) is 9.61. The number of sulfonamides is 1. The average Bonchev–Trinajstić information content (AvgIpc) is 3.17. The second-order valence-electron chi connectivity index (χ2n) is 7.33. The standard InChI is InChI=1S/C21H26ClN3O3S/c1-29(27,28)25(20-9-5-8-19(22)13-20)16-21(26)23-14-17-6-4-7-18(12-17)15-24-10-2-3-11-24/h4-9,12-13H,2-3,10-11,14-16H2,1H3,(H,23,26). The highest BCUT2D eigenvalue weighted by Gasteiger charge is 2.21. The Morgan fingerprint density at radius 1 is 1.10 bits per heavy atom. The molecular formula is C21H26ClN3O3S. The lowest BCUT2D eigenvalue weighted by atomic mass is 10.1. The minimum Gasteiger partial charge on any atom is -0.350 e. The van der Waals surface area contributed by atoms with E-state index in [9.17, 15) is 13.2 Å². The quantitative estimate of drug-likeness (QED) is 0.692. The first-order valence-corrected chi connectivity index (χ1v) is 11.8. The second kappa shape index (κ2) is 9.61. The number of benzene rings is 2. The van der Waals surface area contributed by atoms with Gasteiger partial charge in [-0.1, -0.05) is 41.9 Å². The van der Waals surface area contributed by atoms with Gasteiger partial charge in [0.2, 0.25) is 15.9 Å². The molecule has 6 nitrogen and oxygen atoms in total. The van der Waals surface area contributed by atoms with Gasteiger partial charge >= 0.3 is 0 Å². The van der Waals surface area contributed by atoms with Crippen LogP contribution in [0.3, 0.4) is 0 Å². The minimum atomic E-state index is -3.62. The molecule has 29 heavy (non-hydrogen) atoms. The Balaban J connectivity index is 1.60. The lowest BCUT2D eigenvalue weighted by molar-refractivity contribution is -0.119. The van der Waals surface area contributed by atoms with Crippen LogP contribution < -0.4 is 9.62 Å². The first-order chi connectivity index (χ1) is 13.8. The van der Waals surface area contributed by atoms with Crippen molar-refractivity contribution in [2.45, 2.75) is 25.9 Å². The molecule has 1 aliphatic heterocycles. The Kier molecular flexibility index (Phi) is 7.16. The Morgan fingerprint density at radius 3 is 2.48 bits per heavy atom. The normalized spacial score (nSPS) is 14.7. The van der Waals surface area contributed by atoms with Crippen molar-refractivity contribution in [1.29, 1.82) is 0 Å². The van der Waals surface area contributed by atoms with Crippen LogP contribution in [0.1, 0.15) is 24.0 Å². The number of anilines is 1. The molecule has 1 heterocycles. The third kappa shape index (κ3) is 6.45. The number of halogens is 1. The van der Waals surface area contributed by atoms with E-state index in [2.05, 4.69) is 22.3 Å². The number of rotatable bonds is 8. The lowest BCUT2D eigenvalue weighted by Crippen LogP contribution is -2.40. The maximum atomic E-state index is 12.4. The number of hydrogen-bond donors (Lipinski definition) is 1. The minimum absolute atomic E-state index is 0.299. The summed E-state index contributed by atoms with van der Waals surface area (Å²) in [7, 11) is -3.62. The van der Waals surface area contributed by atoms with E-state index in [1.807, 2.05) is 12.1 Å². The Bertz CT molecular complexity index is 959. The predicted octanol–water partition coefficient (Wildman–Crippen LogP) is 3.02. The molecule has 8 heteroatoms. The fourth-order valence-electron chi connectivity index (χ4n) is 3.46. The van der Waals surface area contributed by atoms with Gasteiger partial charge in [-0.15, -0.1) is 0 Å². The van der Waals surface area contributed by atoms with Crippen LogP contribution in [0, 0.1) is 0 Å². The summed E-state index contributed by atoms with van der Waals surface area (Å²) in [4.78, 5) is 14.9. The molecular weight excluding hydrogens is 410 g/mol. The van der Waals surface area contributed by atoms with Crippen molar-refractivity contribution in [2.24, 2.45) is 0 Å². The highest BCUT2D eigenvalue weighted by atomic mass is 35.5. The van der Waals surface area contributed by atoms with Crippen molar-refractivity contribution in [3.05, 3.63) is 64.7 Å². The van der Waals surface area contributed by atoms with E-state index in [-0.39, 0.29) is 12.5 Å². The Labute approximate surface area is 177 Å². The summed E-state index contributed by atoms with van der Waals surface area (Å²) in [5.74, 6) is -0.375. The molecule has 1 fully saturated rings. The molecule has 1 amide bonds. The monoisotopic (exact) mass is 435 g/mol. The highest BCUT2D eigenvalue weighted by molar-refractivity contribution is 7.92. The van der Waals surface area contributed by atoms with Crippen LogP contribution in [-0.4, -0.2) is 45.1 Å². The van der Waals surface area contributed by atoms with Crippen molar-refractivity contribution >= 4 is 33.2 Å². The number of nitrogens with one attached hydrogen (secondary N) is 1. The molecule has 0 bridgehead atoms. The molecule has 0 aromatic heterocycles. The zero-order valence-electron chi connectivity index (χ0n) is 16.5. The molecule has 0 spiro atoms. The van der Waals surface area contributed by atoms with Gasteiger partial charge in [0.05, 0.1) is 11.9 Å². The van der Waals surface area contributed by atoms with Gasteiger partial charge in [0.15, 0.2) is 0 Å². The zero-order valence-corrected chi connectivity index (χ0v) is 18.0. The molecule has 1 aliphatic rings. The van der Waals surface area contributed by atoms with E-state index in [0.29, 0.717) is 17.3 Å². The molecule has 1 N–H and O–H groups in total. The van der Waals surface area contributed by atoms with Gasteiger partial charge in [0.25, 0.3) is 0 Å². The van der Waals surface area contributed by atoms with Gasteiger partial charge in [-0.05, 0) is 55.3 Å². The highest BCUT2D eigenvalue weighted by Crippen LogP contribution is 2.21. The van der Waals surface area contributed by atoms with Crippen molar-refractivity contribution in [2.75, 3.05) is 30.2 Å². The molecule has 156 valence electrons. The van der Waals surface area contributed by atoms with E-state index in [1.165, 1.54) is 24.5 Å². The molecule has 0 saturated carbocycles. The van der Waals surface area contributed by atoms with Crippen LogP contribution in [0.25, 0.3) is 0 Å². The third-order valence-corrected chi connectivity index (χ3v) is 6.25. The van der Waals surface area contributed by atoms with Crippen molar-refractivity contribution in [3.8, 4) is 0 Å². The fourth-order valence-corrected chi connectivity index (χ4v) is 4.49. The van der Waals surface area contributed by atoms with Crippen LogP contribution in [0.4, 0.5) is 5.69 Å². The van der Waals surface area contributed by atoms with Crippen LogP contribution in [0.2, 0.25) is 5.02 Å². The topological polar surface area (TPSA) is 69.7 Å². The zero-order chi connectivity index (χ0) is 20.9. The summed E-state index contributed by atoms with van der Waals surface area (Å²) in [6, 6.07) is 14.6. The number of nitrogens with zero attached hydrogens (tertiary/aromatic N) is 2. The largest absolute Gasteiger partial charge is 0.350 e. The summed E-state index contributed by atoms with van der Waals surface area (Å²) in [5.41, 5.74) is 2.57. The number of hydrogen-bond acceptors (Lipinski definition) is 4. The van der Waals surface area contributed by atoms with Crippen LogP contribution in [0.5, 0.6) is 0 Å². The molecule has 1 saturated heterocycles.